The van der Waals surface area contributed by atoms with Crippen LogP contribution in [0.4, 0.5) is 0 Å². The maximum atomic E-state index is 2.78. The minimum Gasteiger partial charge on any atom is -0.0809 e. The summed E-state index contributed by atoms with van der Waals surface area (Å²) < 4.78 is 1.70. The minimum atomic E-state index is 0.715. The molecule has 5 atom stereocenters. The average Bonchev–Trinajstić information content (AvgIpc) is 1.98. The first-order chi connectivity index (χ1) is 5.67. The quantitative estimate of drug-likeness (QED) is 0.438. The number of hydrogen-bond acceptors (Lipinski definition) is 0. The lowest BCUT2D eigenvalue weighted by molar-refractivity contribution is 0.0569. The van der Waals surface area contributed by atoms with Gasteiger partial charge < -0.3 is 0 Å². The van der Waals surface area contributed by atoms with E-state index in [4.69, 9.17) is 0 Å². The normalized spacial score (nSPS) is 62.5. The highest BCUT2D eigenvalue weighted by Crippen LogP contribution is 2.61. The van der Waals surface area contributed by atoms with E-state index >= 15 is 0 Å². The lowest BCUT2D eigenvalue weighted by Crippen LogP contribution is -2.54. The molecular weight excluding hydrogens is 374 g/mol. The molecule has 0 spiro atoms. The summed E-state index contributed by atoms with van der Waals surface area (Å²) in [6, 6.07) is 0. The van der Waals surface area contributed by atoms with Crippen LogP contribution in [-0.4, -0.2) is 7.35 Å². The van der Waals surface area contributed by atoms with Gasteiger partial charge in [-0.3, -0.25) is 0 Å². The number of hydrogen-bond donors (Lipinski definition) is 0. The zero-order valence-corrected chi connectivity index (χ0v) is 11.4. The molecule has 3 unspecified atom stereocenters. The summed E-state index contributed by atoms with van der Waals surface area (Å²) in [5.74, 6) is 3.32. The van der Waals surface area contributed by atoms with Gasteiger partial charge in [0, 0.05) is 7.35 Å². The summed E-state index contributed by atoms with van der Waals surface area (Å²) >= 11 is 5.52. The summed E-state index contributed by atoms with van der Waals surface area (Å²) in [5.41, 5.74) is 0. The van der Waals surface area contributed by atoms with Crippen molar-refractivity contribution in [1.29, 1.82) is 0 Å². The maximum Gasteiger partial charge on any atom is 0.0347 e. The van der Waals surface area contributed by atoms with Crippen molar-refractivity contribution < 1.29 is 0 Å². The largest absolute Gasteiger partial charge is 0.0809 e. The highest BCUT2D eigenvalue weighted by atomic mass is 127. The molecule has 0 radical (unpaired) electrons. The standard InChI is InChI=1S/C10H14I2/c11-9-8-2-6-1-7(3-8)5-10(9,12)4-6/h6-9H,1-5H2/t6-,7+,8?,9?,10?. The van der Waals surface area contributed by atoms with Crippen LogP contribution in [0.1, 0.15) is 32.1 Å². The van der Waals surface area contributed by atoms with E-state index in [0.717, 1.165) is 21.7 Å². The molecule has 0 aromatic carbocycles. The molecule has 2 heteroatoms. The third-order valence-corrected chi connectivity index (χ3v) is 9.06. The first kappa shape index (κ1) is 8.74. The van der Waals surface area contributed by atoms with Gasteiger partial charge in [0.25, 0.3) is 0 Å². The Hall–Kier alpha value is 1.46. The molecule has 0 aromatic rings. The second kappa shape index (κ2) is 2.74. The summed E-state index contributed by atoms with van der Waals surface area (Å²) in [6.45, 7) is 0. The van der Waals surface area contributed by atoms with E-state index in [1.807, 2.05) is 0 Å². The summed E-state index contributed by atoms with van der Waals surface area (Å²) in [5, 5.41) is 0. The molecule has 4 aliphatic rings. The van der Waals surface area contributed by atoms with Crippen molar-refractivity contribution in [3.05, 3.63) is 0 Å². The fourth-order valence-corrected chi connectivity index (χ4v) is 6.73. The van der Waals surface area contributed by atoms with E-state index < -0.39 is 0 Å². The Labute approximate surface area is 102 Å². The van der Waals surface area contributed by atoms with Crippen molar-refractivity contribution in [3.63, 3.8) is 0 Å². The van der Waals surface area contributed by atoms with Gasteiger partial charge in [-0.25, -0.2) is 0 Å². The van der Waals surface area contributed by atoms with Crippen LogP contribution in [0.3, 0.4) is 0 Å². The van der Waals surface area contributed by atoms with E-state index in [2.05, 4.69) is 45.2 Å². The van der Waals surface area contributed by atoms with E-state index in [-0.39, 0.29) is 0 Å². The molecule has 0 saturated heterocycles. The van der Waals surface area contributed by atoms with Gasteiger partial charge in [-0.05, 0) is 49.9 Å². The van der Waals surface area contributed by atoms with Crippen LogP contribution in [0.15, 0.2) is 0 Å². The van der Waals surface area contributed by atoms with Crippen molar-refractivity contribution in [2.24, 2.45) is 17.8 Å². The Morgan fingerprint density at radius 3 is 2.08 bits per heavy atom. The van der Waals surface area contributed by atoms with Crippen LogP contribution >= 0.6 is 45.2 Å². The first-order valence-electron chi connectivity index (χ1n) is 5.00. The van der Waals surface area contributed by atoms with Gasteiger partial charge in [0.05, 0.1) is 0 Å². The van der Waals surface area contributed by atoms with Crippen molar-refractivity contribution in [1.82, 2.24) is 0 Å². The van der Waals surface area contributed by atoms with Crippen molar-refractivity contribution in [2.75, 3.05) is 0 Å². The molecule has 4 fully saturated rings. The topological polar surface area (TPSA) is 0 Å². The Bertz CT molecular complexity index is 200. The zero-order chi connectivity index (χ0) is 8.34. The highest BCUT2D eigenvalue weighted by Gasteiger charge is 2.54. The third kappa shape index (κ3) is 1.12. The Balaban J connectivity index is 1.97. The molecule has 12 heavy (non-hydrogen) atoms. The fourth-order valence-electron chi connectivity index (χ4n) is 3.88. The maximum absolute atomic E-state index is 2.78. The Morgan fingerprint density at radius 2 is 1.58 bits per heavy atom. The van der Waals surface area contributed by atoms with E-state index in [9.17, 15) is 0 Å². The zero-order valence-electron chi connectivity index (χ0n) is 7.10. The fraction of sp³-hybridized carbons (Fsp3) is 1.00. The van der Waals surface area contributed by atoms with Gasteiger partial charge >= 0.3 is 0 Å². The van der Waals surface area contributed by atoms with Crippen LogP contribution in [0, 0.1) is 17.8 Å². The van der Waals surface area contributed by atoms with Crippen molar-refractivity contribution >= 4 is 45.2 Å². The van der Waals surface area contributed by atoms with Gasteiger partial charge in [-0.2, -0.15) is 0 Å². The van der Waals surface area contributed by atoms with Gasteiger partial charge in [0.1, 0.15) is 0 Å². The Kier molecular flexibility index (Phi) is 1.99. The molecule has 0 amide bonds. The summed E-state index contributed by atoms with van der Waals surface area (Å²) in [6.07, 6.45) is 7.77. The van der Waals surface area contributed by atoms with Crippen LogP contribution in [0.2, 0.25) is 0 Å². The predicted octanol–water partition coefficient (Wildman–Crippen LogP) is 3.80. The van der Waals surface area contributed by atoms with Crippen molar-refractivity contribution in [2.45, 2.75) is 39.5 Å². The lowest BCUT2D eigenvalue weighted by atomic mass is 9.56. The van der Waals surface area contributed by atoms with E-state index in [1.165, 1.54) is 12.8 Å². The molecule has 0 nitrogen and oxygen atoms in total. The van der Waals surface area contributed by atoms with Crippen molar-refractivity contribution in [3.8, 4) is 0 Å². The molecule has 4 aliphatic carbocycles. The number of rotatable bonds is 0. The Morgan fingerprint density at radius 1 is 1.00 bits per heavy atom. The molecule has 0 N–H and O–H groups in total. The summed E-state index contributed by atoms with van der Waals surface area (Å²) in [4.78, 5) is 0. The molecule has 0 heterocycles. The van der Waals surface area contributed by atoms with Crippen LogP contribution in [-0.2, 0) is 0 Å². The lowest BCUT2D eigenvalue weighted by Gasteiger charge is -2.57. The monoisotopic (exact) mass is 388 g/mol. The first-order valence-corrected chi connectivity index (χ1v) is 7.33. The second-order valence-electron chi connectivity index (χ2n) is 5.04. The molecule has 4 rings (SSSR count). The third-order valence-electron chi connectivity index (χ3n) is 4.10. The van der Waals surface area contributed by atoms with Gasteiger partial charge in [-0.1, -0.05) is 45.2 Å². The highest BCUT2D eigenvalue weighted by molar-refractivity contribution is 14.1. The molecule has 4 saturated carbocycles. The summed E-state index contributed by atoms with van der Waals surface area (Å²) in [7, 11) is 0. The molecule has 4 bridgehead atoms. The van der Waals surface area contributed by atoms with Crippen LogP contribution in [0.25, 0.3) is 0 Å². The smallest absolute Gasteiger partial charge is 0.0347 e. The molecule has 0 aromatic heterocycles. The predicted molar refractivity (Wildman–Crippen MR) is 68.1 cm³/mol. The molecule has 0 aliphatic heterocycles. The minimum absolute atomic E-state index is 0.715. The van der Waals surface area contributed by atoms with Gasteiger partial charge in [0.2, 0.25) is 0 Å². The van der Waals surface area contributed by atoms with Crippen LogP contribution in [0.5, 0.6) is 0 Å². The second-order valence-corrected chi connectivity index (χ2v) is 8.53. The van der Waals surface area contributed by atoms with Gasteiger partial charge in [-0.15, -0.1) is 0 Å². The SMILES string of the molecule is IC1C2C[C@@H]3C[C@H](C2)CC1(I)C3. The van der Waals surface area contributed by atoms with E-state index in [0.29, 0.717) is 3.42 Å². The number of halogens is 2. The number of alkyl halides is 2. The van der Waals surface area contributed by atoms with Gasteiger partial charge in [0.15, 0.2) is 0 Å². The van der Waals surface area contributed by atoms with E-state index in [1.54, 1.807) is 19.3 Å². The van der Waals surface area contributed by atoms with Crippen LogP contribution < -0.4 is 0 Å². The average molecular weight is 388 g/mol. The molecule has 68 valence electrons. The molecular formula is C10H14I2.